The second-order valence-corrected chi connectivity index (χ2v) is 8.13. The number of rotatable bonds is 8. The lowest BCUT2D eigenvalue weighted by Gasteiger charge is -2.14. The van der Waals surface area contributed by atoms with Crippen LogP contribution in [0.1, 0.15) is 60.6 Å². The number of fused-ring (bicyclic) bond motifs is 2. The SMILES string of the molecule is CCCC[C@H](NC(=O)CCc1c(C)c2cc3c(C)c(C)oc3c(C)c2oc1=O)C(=O)O. The molecule has 7 nitrogen and oxygen atoms in total. The van der Waals surface area contributed by atoms with Gasteiger partial charge in [-0.25, -0.2) is 9.59 Å². The van der Waals surface area contributed by atoms with Gasteiger partial charge in [0, 0.05) is 28.3 Å². The van der Waals surface area contributed by atoms with Gasteiger partial charge in [-0.1, -0.05) is 19.8 Å². The van der Waals surface area contributed by atoms with Gasteiger partial charge in [-0.05, 0) is 57.7 Å². The molecule has 31 heavy (non-hydrogen) atoms. The van der Waals surface area contributed by atoms with Crippen molar-refractivity contribution >= 4 is 33.8 Å². The summed E-state index contributed by atoms with van der Waals surface area (Å²) in [5, 5.41) is 13.6. The Hall–Kier alpha value is -3.09. The molecule has 7 heteroatoms. The van der Waals surface area contributed by atoms with Crippen LogP contribution in [0.5, 0.6) is 0 Å². The zero-order valence-electron chi connectivity index (χ0n) is 18.7. The highest BCUT2D eigenvalue weighted by atomic mass is 16.4. The normalized spacial score (nSPS) is 12.4. The topological polar surface area (TPSA) is 110 Å². The number of hydrogen-bond donors (Lipinski definition) is 2. The van der Waals surface area contributed by atoms with E-state index in [2.05, 4.69) is 5.32 Å². The van der Waals surface area contributed by atoms with Gasteiger partial charge in [0.05, 0.1) is 0 Å². The summed E-state index contributed by atoms with van der Waals surface area (Å²) in [7, 11) is 0. The third-order valence-electron chi connectivity index (χ3n) is 6.03. The van der Waals surface area contributed by atoms with Crippen LogP contribution in [0.15, 0.2) is 19.7 Å². The first-order valence-electron chi connectivity index (χ1n) is 10.6. The monoisotopic (exact) mass is 427 g/mol. The fraction of sp³-hybridized carbons (Fsp3) is 0.458. The number of aliphatic carboxylic acids is 1. The van der Waals surface area contributed by atoms with Crippen LogP contribution in [0, 0.1) is 27.7 Å². The second-order valence-electron chi connectivity index (χ2n) is 8.13. The molecule has 0 spiro atoms. The largest absolute Gasteiger partial charge is 0.480 e. The zero-order chi connectivity index (χ0) is 22.9. The molecule has 0 aliphatic heterocycles. The summed E-state index contributed by atoms with van der Waals surface area (Å²) < 4.78 is 11.5. The number of unbranched alkanes of at least 4 members (excludes halogenated alkanes) is 1. The minimum Gasteiger partial charge on any atom is -0.480 e. The Morgan fingerprint density at radius 3 is 2.32 bits per heavy atom. The van der Waals surface area contributed by atoms with Crippen molar-refractivity contribution in [1.82, 2.24) is 5.32 Å². The lowest BCUT2D eigenvalue weighted by Crippen LogP contribution is -2.40. The van der Waals surface area contributed by atoms with Crippen LogP contribution in [0.3, 0.4) is 0 Å². The van der Waals surface area contributed by atoms with Crippen LogP contribution in [0.2, 0.25) is 0 Å². The lowest BCUT2D eigenvalue weighted by molar-refractivity contribution is -0.142. The van der Waals surface area contributed by atoms with Crippen LogP contribution in [-0.2, 0) is 16.0 Å². The number of carbonyl (C=O) groups excluding carboxylic acids is 1. The van der Waals surface area contributed by atoms with Gasteiger partial charge in [-0.3, -0.25) is 4.79 Å². The molecule has 0 unspecified atom stereocenters. The molecule has 1 aromatic carbocycles. The summed E-state index contributed by atoms with van der Waals surface area (Å²) in [5.74, 6) is -0.620. The van der Waals surface area contributed by atoms with Crippen LogP contribution in [-0.4, -0.2) is 23.0 Å². The lowest BCUT2D eigenvalue weighted by atomic mass is 9.98. The zero-order valence-corrected chi connectivity index (χ0v) is 18.7. The van der Waals surface area contributed by atoms with Crippen molar-refractivity contribution in [2.75, 3.05) is 0 Å². The van der Waals surface area contributed by atoms with Gasteiger partial charge in [-0.2, -0.15) is 0 Å². The minimum atomic E-state index is -1.05. The number of furan rings is 1. The molecular weight excluding hydrogens is 398 g/mol. The van der Waals surface area contributed by atoms with Crippen molar-refractivity contribution in [2.45, 2.75) is 72.8 Å². The van der Waals surface area contributed by atoms with Crippen molar-refractivity contribution < 1.29 is 23.5 Å². The molecule has 2 aromatic heterocycles. The van der Waals surface area contributed by atoms with Crippen LogP contribution in [0.25, 0.3) is 21.9 Å². The first-order valence-corrected chi connectivity index (χ1v) is 10.6. The molecule has 166 valence electrons. The van der Waals surface area contributed by atoms with E-state index in [0.29, 0.717) is 29.6 Å². The van der Waals surface area contributed by atoms with Crippen molar-refractivity contribution in [3.63, 3.8) is 0 Å². The second kappa shape index (κ2) is 8.96. The van der Waals surface area contributed by atoms with Crippen molar-refractivity contribution in [3.8, 4) is 0 Å². The summed E-state index contributed by atoms with van der Waals surface area (Å²) in [6.07, 6.45) is 2.13. The number of hydrogen-bond acceptors (Lipinski definition) is 5. The molecule has 0 bridgehead atoms. The molecule has 0 saturated carbocycles. The fourth-order valence-corrected chi connectivity index (χ4v) is 3.95. The first kappa shape index (κ1) is 22.6. The van der Waals surface area contributed by atoms with Gasteiger partial charge >= 0.3 is 11.6 Å². The molecule has 0 aliphatic rings. The number of aryl methyl sites for hydroxylation is 4. The standard InChI is InChI=1S/C24H29NO6/c1-6-7-8-19(23(27)28)25-20(26)10-9-16-13(3)18-11-17-12(2)15(5)30-21(17)14(4)22(18)31-24(16)29/h11,19H,6-10H2,1-5H3,(H,25,26)(H,27,28)/t19-/m0/s1. The molecule has 1 amide bonds. The number of carboxylic acids is 1. The summed E-state index contributed by atoms with van der Waals surface area (Å²) >= 11 is 0. The average Bonchev–Trinajstić information content (AvgIpc) is 3.00. The third kappa shape index (κ3) is 4.36. The van der Waals surface area contributed by atoms with Gasteiger partial charge in [0.1, 0.15) is 23.0 Å². The van der Waals surface area contributed by atoms with E-state index >= 15 is 0 Å². The number of benzene rings is 1. The highest BCUT2D eigenvalue weighted by Crippen LogP contribution is 2.34. The Kier molecular flexibility index (Phi) is 6.53. The van der Waals surface area contributed by atoms with Crippen LogP contribution in [0.4, 0.5) is 0 Å². The quantitative estimate of drug-likeness (QED) is 0.514. The summed E-state index contributed by atoms with van der Waals surface area (Å²) in [6, 6.07) is 1.06. The molecular formula is C24H29NO6. The predicted molar refractivity (Wildman–Crippen MR) is 119 cm³/mol. The maximum atomic E-state index is 12.7. The smallest absolute Gasteiger partial charge is 0.339 e. The number of carboxylic acid groups (broad SMARTS) is 1. The molecule has 3 aromatic rings. The Bertz CT molecular complexity index is 1220. The van der Waals surface area contributed by atoms with E-state index in [4.69, 9.17) is 8.83 Å². The van der Waals surface area contributed by atoms with E-state index in [1.54, 1.807) is 0 Å². The van der Waals surface area contributed by atoms with E-state index in [9.17, 15) is 19.5 Å². The van der Waals surface area contributed by atoms with Crippen molar-refractivity contribution in [2.24, 2.45) is 0 Å². The Balaban J connectivity index is 1.90. The predicted octanol–water partition coefficient (Wildman–Crippen LogP) is 4.47. The average molecular weight is 427 g/mol. The Morgan fingerprint density at radius 1 is 1.03 bits per heavy atom. The van der Waals surface area contributed by atoms with E-state index in [-0.39, 0.29) is 12.8 Å². The molecule has 0 aliphatic carbocycles. The van der Waals surface area contributed by atoms with Gasteiger partial charge in [0.25, 0.3) is 0 Å². The molecule has 0 fully saturated rings. The Morgan fingerprint density at radius 2 is 1.68 bits per heavy atom. The third-order valence-corrected chi connectivity index (χ3v) is 6.03. The highest BCUT2D eigenvalue weighted by molar-refractivity contribution is 6.00. The van der Waals surface area contributed by atoms with Crippen molar-refractivity contribution in [1.29, 1.82) is 0 Å². The summed E-state index contributed by atoms with van der Waals surface area (Å²) in [6.45, 7) is 9.57. The van der Waals surface area contributed by atoms with Gasteiger partial charge in [-0.15, -0.1) is 0 Å². The minimum absolute atomic E-state index is 0.0120. The van der Waals surface area contributed by atoms with E-state index in [1.807, 2.05) is 40.7 Å². The number of nitrogens with one attached hydrogen (secondary N) is 1. The van der Waals surface area contributed by atoms with Crippen LogP contribution < -0.4 is 10.9 Å². The van der Waals surface area contributed by atoms with E-state index < -0.39 is 23.5 Å². The molecule has 2 heterocycles. The van der Waals surface area contributed by atoms with Crippen molar-refractivity contribution in [3.05, 3.63) is 44.5 Å². The van der Waals surface area contributed by atoms with Gasteiger partial charge in [0.15, 0.2) is 0 Å². The highest BCUT2D eigenvalue weighted by Gasteiger charge is 2.21. The Labute approximate surface area is 180 Å². The van der Waals surface area contributed by atoms with Crippen LogP contribution >= 0.6 is 0 Å². The number of carbonyl (C=O) groups is 2. The van der Waals surface area contributed by atoms with Gasteiger partial charge in [0.2, 0.25) is 5.91 Å². The molecule has 0 saturated heterocycles. The molecule has 1 atom stereocenters. The maximum absolute atomic E-state index is 12.7. The fourth-order valence-electron chi connectivity index (χ4n) is 3.95. The molecule has 0 radical (unpaired) electrons. The molecule has 3 rings (SSSR count). The first-order chi connectivity index (χ1) is 14.6. The summed E-state index contributed by atoms with van der Waals surface area (Å²) in [4.78, 5) is 36.4. The number of amides is 1. The maximum Gasteiger partial charge on any atom is 0.339 e. The van der Waals surface area contributed by atoms with E-state index in [1.165, 1.54) is 0 Å². The van der Waals surface area contributed by atoms with E-state index in [0.717, 1.165) is 39.6 Å². The molecule has 2 N–H and O–H groups in total. The summed E-state index contributed by atoms with van der Waals surface area (Å²) in [5.41, 5.74) is 3.72. The van der Waals surface area contributed by atoms with Gasteiger partial charge < -0.3 is 19.3 Å².